The highest BCUT2D eigenvalue weighted by atomic mass is 79.9. The second-order valence-electron chi connectivity index (χ2n) is 7.05. The van der Waals surface area contributed by atoms with Crippen molar-refractivity contribution >= 4 is 22.0 Å². The first-order valence-corrected chi connectivity index (χ1v) is 9.79. The number of hydrogen-bond donors (Lipinski definition) is 0. The highest BCUT2D eigenvalue weighted by Crippen LogP contribution is 2.42. The topological polar surface area (TPSA) is 29.5 Å². The largest absolute Gasteiger partial charge is 0.437 e. The maximum absolute atomic E-state index is 13.4. The predicted molar refractivity (Wildman–Crippen MR) is 108 cm³/mol. The molecule has 0 aromatic heterocycles. The van der Waals surface area contributed by atoms with Crippen LogP contribution in [-0.4, -0.2) is 17.0 Å². The summed E-state index contributed by atoms with van der Waals surface area (Å²) in [6.45, 7) is 7.84. The van der Waals surface area contributed by atoms with Crippen molar-refractivity contribution in [2.45, 2.75) is 44.4 Å². The van der Waals surface area contributed by atoms with Crippen LogP contribution in [0.3, 0.4) is 0 Å². The maximum atomic E-state index is 13.4. The van der Waals surface area contributed by atoms with Crippen LogP contribution in [0.2, 0.25) is 0 Å². The SMILES string of the molecule is C=CCC1(c2ccc(F)cc2)CC(C)N([C@@H](C)c2ccc(Br)cc2)C(=O)O1. The fourth-order valence-corrected chi connectivity index (χ4v) is 4.13. The minimum absolute atomic E-state index is 0.0464. The molecule has 3 nitrogen and oxygen atoms in total. The van der Waals surface area contributed by atoms with Gasteiger partial charge in [-0.3, -0.25) is 4.90 Å². The molecule has 0 bridgehead atoms. The maximum Gasteiger partial charge on any atom is 0.411 e. The Bertz CT molecular complexity index is 821. The lowest BCUT2D eigenvalue weighted by Crippen LogP contribution is -2.53. The van der Waals surface area contributed by atoms with Gasteiger partial charge in [0, 0.05) is 23.4 Å². The number of halogens is 2. The molecule has 0 spiro atoms. The molecular formula is C22H23BrFNO2. The molecule has 1 aliphatic rings. The normalized spacial score (nSPS) is 23.6. The van der Waals surface area contributed by atoms with Crippen LogP contribution < -0.4 is 0 Å². The van der Waals surface area contributed by atoms with Crippen LogP contribution in [0.5, 0.6) is 0 Å². The monoisotopic (exact) mass is 431 g/mol. The molecule has 5 heteroatoms. The van der Waals surface area contributed by atoms with E-state index in [-0.39, 0.29) is 24.0 Å². The van der Waals surface area contributed by atoms with E-state index in [0.29, 0.717) is 12.8 Å². The second-order valence-corrected chi connectivity index (χ2v) is 7.97. The first kappa shape index (κ1) is 19.6. The summed E-state index contributed by atoms with van der Waals surface area (Å²) in [5.74, 6) is -0.312. The number of carbonyl (C=O) groups excluding carboxylic acids is 1. The van der Waals surface area contributed by atoms with Gasteiger partial charge in [0.1, 0.15) is 11.4 Å². The lowest BCUT2D eigenvalue weighted by atomic mass is 9.82. The van der Waals surface area contributed by atoms with Crippen molar-refractivity contribution < 1.29 is 13.9 Å². The van der Waals surface area contributed by atoms with Gasteiger partial charge in [0.15, 0.2) is 0 Å². The molecule has 1 fully saturated rings. The Morgan fingerprint density at radius 2 is 1.93 bits per heavy atom. The molecule has 3 rings (SSSR count). The summed E-state index contributed by atoms with van der Waals surface area (Å²) in [5, 5.41) is 0. The van der Waals surface area contributed by atoms with E-state index in [0.717, 1.165) is 15.6 Å². The highest BCUT2D eigenvalue weighted by molar-refractivity contribution is 9.10. The van der Waals surface area contributed by atoms with Crippen LogP contribution in [0.4, 0.5) is 9.18 Å². The molecular weight excluding hydrogens is 409 g/mol. The number of ether oxygens (including phenoxy) is 1. The number of nitrogens with zero attached hydrogens (tertiary/aromatic N) is 1. The van der Waals surface area contributed by atoms with Gasteiger partial charge in [0.2, 0.25) is 0 Å². The Labute approximate surface area is 168 Å². The number of rotatable bonds is 5. The van der Waals surface area contributed by atoms with E-state index < -0.39 is 5.60 Å². The molecule has 27 heavy (non-hydrogen) atoms. The minimum atomic E-state index is -0.818. The van der Waals surface area contributed by atoms with E-state index >= 15 is 0 Å². The molecule has 2 unspecified atom stereocenters. The lowest BCUT2D eigenvalue weighted by Gasteiger charge is -2.47. The van der Waals surface area contributed by atoms with Crippen LogP contribution >= 0.6 is 15.9 Å². The van der Waals surface area contributed by atoms with Crippen molar-refractivity contribution in [3.8, 4) is 0 Å². The van der Waals surface area contributed by atoms with E-state index in [9.17, 15) is 9.18 Å². The van der Waals surface area contributed by atoms with E-state index in [1.54, 1.807) is 23.1 Å². The van der Waals surface area contributed by atoms with Crippen molar-refractivity contribution in [1.82, 2.24) is 4.90 Å². The molecule has 0 radical (unpaired) electrons. The van der Waals surface area contributed by atoms with Crippen LogP contribution in [0, 0.1) is 5.82 Å². The molecule has 3 atom stereocenters. The fraction of sp³-hybridized carbons (Fsp3) is 0.318. The first-order valence-electron chi connectivity index (χ1n) is 9.00. The first-order chi connectivity index (χ1) is 12.9. The van der Waals surface area contributed by atoms with Gasteiger partial charge in [-0.1, -0.05) is 46.3 Å². The van der Waals surface area contributed by atoms with Gasteiger partial charge in [0.05, 0.1) is 6.04 Å². The van der Waals surface area contributed by atoms with E-state index in [1.807, 2.05) is 38.1 Å². The highest BCUT2D eigenvalue weighted by Gasteiger charge is 2.46. The van der Waals surface area contributed by atoms with Crippen molar-refractivity contribution in [2.75, 3.05) is 0 Å². The van der Waals surface area contributed by atoms with Crippen LogP contribution in [0.1, 0.15) is 43.9 Å². The Morgan fingerprint density at radius 3 is 2.48 bits per heavy atom. The van der Waals surface area contributed by atoms with Crippen molar-refractivity contribution in [3.63, 3.8) is 0 Å². The zero-order valence-electron chi connectivity index (χ0n) is 15.5. The fourth-order valence-electron chi connectivity index (χ4n) is 3.87. The number of carbonyl (C=O) groups is 1. The Kier molecular flexibility index (Phi) is 5.70. The predicted octanol–water partition coefficient (Wildman–Crippen LogP) is 6.35. The van der Waals surface area contributed by atoms with Gasteiger partial charge in [0.25, 0.3) is 0 Å². The molecule has 142 valence electrons. The summed E-state index contributed by atoms with van der Waals surface area (Å²) >= 11 is 3.44. The third kappa shape index (κ3) is 3.93. The van der Waals surface area contributed by atoms with Crippen LogP contribution in [0.25, 0.3) is 0 Å². The standard InChI is InChI=1S/C22H23BrFNO2/c1-4-13-22(18-7-11-20(24)12-8-18)14-15(2)25(21(26)27-22)16(3)17-5-9-19(23)10-6-17/h4-12,15-16H,1,13-14H2,2-3H3/t15?,16-,22?/m0/s1. The van der Waals surface area contributed by atoms with Crippen LogP contribution in [0.15, 0.2) is 65.7 Å². The van der Waals surface area contributed by atoms with Gasteiger partial charge in [-0.15, -0.1) is 6.58 Å². The van der Waals surface area contributed by atoms with Crippen LogP contribution in [-0.2, 0) is 10.3 Å². The molecule has 0 aliphatic carbocycles. The third-order valence-electron chi connectivity index (χ3n) is 5.21. The quantitative estimate of drug-likeness (QED) is 0.515. The van der Waals surface area contributed by atoms with E-state index in [4.69, 9.17) is 4.74 Å². The summed E-state index contributed by atoms with van der Waals surface area (Å²) in [6, 6.07) is 13.9. The molecule has 2 aromatic carbocycles. The van der Waals surface area contributed by atoms with Gasteiger partial charge in [-0.05, 0) is 49.2 Å². The zero-order valence-corrected chi connectivity index (χ0v) is 17.1. The third-order valence-corrected chi connectivity index (χ3v) is 5.74. The summed E-state index contributed by atoms with van der Waals surface area (Å²) in [5.41, 5.74) is 1.02. The Hall–Kier alpha value is -2.14. The molecule has 2 aromatic rings. The van der Waals surface area contributed by atoms with Gasteiger partial charge in [-0.25, -0.2) is 9.18 Å². The Morgan fingerprint density at radius 1 is 1.30 bits per heavy atom. The Balaban J connectivity index is 1.90. The number of cyclic esters (lactones) is 1. The molecule has 1 saturated heterocycles. The van der Waals surface area contributed by atoms with Crippen molar-refractivity contribution in [1.29, 1.82) is 0 Å². The van der Waals surface area contributed by atoms with Crippen molar-refractivity contribution in [2.24, 2.45) is 0 Å². The smallest absolute Gasteiger partial charge is 0.411 e. The van der Waals surface area contributed by atoms with E-state index in [1.165, 1.54) is 12.1 Å². The molecule has 1 heterocycles. The lowest BCUT2D eigenvalue weighted by molar-refractivity contribution is -0.0785. The van der Waals surface area contributed by atoms with E-state index in [2.05, 4.69) is 22.5 Å². The minimum Gasteiger partial charge on any atom is -0.437 e. The van der Waals surface area contributed by atoms with Gasteiger partial charge in [-0.2, -0.15) is 0 Å². The average molecular weight is 432 g/mol. The zero-order chi connectivity index (χ0) is 19.6. The molecule has 0 N–H and O–H groups in total. The summed E-state index contributed by atoms with van der Waals surface area (Å²) in [7, 11) is 0. The summed E-state index contributed by atoms with van der Waals surface area (Å²) < 4.78 is 20.3. The van der Waals surface area contributed by atoms with Gasteiger partial charge < -0.3 is 4.74 Å². The van der Waals surface area contributed by atoms with Crippen molar-refractivity contribution in [3.05, 3.63) is 82.6 Å². The molecule has 1 amide bonds. The number of amides is 1. The number of hydrogen-bond acceptors (Lipinski definition) is 2. The van der Waals surface area contributed by atoms with Gasteiger partial charge >= 0.3 is 6.09 Å². The average Bonchev–Trinajstić information content (AvgIpc) is 2.62. The summed E-state index contributed by atoms with van der Waals surface area (Å²) in [6.07, 6.45) is 2.47. The summed E-state index contributed by atoms with van der Waals surface area (Å²) in [4.78, 5) is 14.8. The molecule has 0 saturated carbocycles. The second kappa shape index (κ2) is 7.85. The molecule has 1 aliphatic heterocycles. The number of benzene rings is 2.